The number of methoxy groups -OCH3 is 1. The van der Waals surface area contributed by atoms with Crippen LogP contribution in [0.25, 0.3) is 0 Å². The van der Waals surface area contributed by atoms with Crippen molar-refractivity contribution in [1.82, 2.24) is 0 Å². The van der Waals surface area contributed by atoms with E-state index in [4.69, 9.17) is 37.1 Å². The summed E-state index contributed by atoms with van der Waals surface area (Å²) < 4.78 is 16.3. The van der Waals surface area contributed by atoms with Gasteiger partial charge in [0.25, 0.3) is 5.91 Å². The molecule has 0 saturated heterocycles. The molecule has 0 atom stereocenters. The second-order valence-corrected chi connectivity index (χ2v) is 6.13. The zero-order valence-electron chi connectivity index (χ0n) is 13.8. The van der Waals surface area contributed by atoms with Crippen molar-refractivity contribution in [3.05, 3.63) is 76.2 Å². The fourth-order valence-corrected chi connectivity index (χ4v) is 2.71. The van der Waals surface area contributed by atoms with Crippen LogP contribution in [0, 0.1) is 0 Å². The molecule has 3 rings (SSSR count). The van der Waals surface area contributed by atoms with E-state index in [1.807, 2.05) is 6.07 Å². The van der Waals surface area contributed by atoms with Crippen LogP contribution < -0.4 is 14.8 Å². The molecule has 0 aliphatic rings. The number of halogens is 2. The summed E-state index contributed by atoms with van der Waals surface area (Å²) in [6.45, 7) is 0.128. The molecule has 5 nitrogen and oxygen atoms in total. The zero-order chi connectivity index (χ0) is 18.5. The molecule has 0 bridgehead atoms. The van der Waals surface area contributed by atoms with Crippen LogP contribution in [0.1, 0.15) is 16.3 Å². The number of hydrogen-bond donors (Lipinski definition) is 1. The van der Waals surface area contributed by atoms with E-state index in [1.54, 1.807) is 48.5 Å². The molecular weight excluding hydrogens is 377 g/mol. The highest BCUT2D eigenvalue weighted by molar-refractivity contribution is 6.35. The molecule has 0 aliphatic carbocycles. The fourth-order valence-electron chi connectivity index (χ4n) is 2.25. The van der Waals surface area contributed by atoms with Crippen molar-refractivity contribution in [1.29, 1.82) is 0 Å². The summed E-state index contributed by atoms with van der Waals surface area (Å²) in [6.07, 6.45) is 0. The van der Waals surface area contributed by atoms with Gasteiger partial charge in [0.15, 0.2) is 5.76 Å². The molecule has 26 heavy (non-hydrogen) atoms. The number of para-hydroxylation sites is 2. The van der Waals surface area contributed by atoms with Gasteiger partial charge >= 0.3 is 0 Å². The van der Waals surface area contributed by atoms with Crippen LogP contribution in [0.4, 0.5) is 5.69 Å². The summed E-state index contributed by atoms with van der Waals surface area (Å²) in [6, 6.07) is 15.3. The quantitative estimate of drug-likeness (QED) is 0.608. The van der Waals surface area contributed by atoms with Gasteiger partial charge in [-0.05, 0) is 42.5 Å². The van der Waals surface area contributed by atoms with E-state index in [9.17, 15) is 4.79 Å². The van der Waals surface area contributed by atoms with Crippen LogP contribution in [0.3, 0.4) is 0 Å². The van der Waals surface area contributed by atoms with Gasteiger partial charge in [-0.3, -0.25) is 4.79 Å². The molecule has 0 fully saturated rings. The second-order valence-electron chi connectivity index (χ2n) is 5.28. The van der Waals surface area contributed by atoms with Crippen molar-refractivity contribution in [2.24, 2.45) is 0 Å². The van der Waals surface area contributed by atoms with E-state index in [2.05, 4.69) is 5.32 Å². The molecule has 0 saturated carbocycles. The number of benzene rings is 2. The van der Waals surface area contributed by atoms with Crippen molar-refractivity contribution >= 4 is 34.8 Å². The molecule has 1 aromatic heterocycles. The number of amides is 1. The Morgan fingerprint density at radius 3 is 2.65 bits per heavy atom. The summed E-state index contributed by atoms with van der Waals surface area (Å²) in [5, 5.41) is 3.67. The third kappa shape index (κ3) is 4.31. The molecule has 134 valence electrons. The van der Waals surface area contributed by atoms with E-state index < -0.39 is 0 Å². The molecule has 0 aliphatic heterocycles. The SMILES string of the molecule is COc1ccccc1NC(=O)c1ccc(COc2ccc(Cl)cc2Cl)o1. The van der Waals surface area contributed by atoms with E-state index in [0.717, 1.165) is 0 Å². The molecule has 3 aromatic rings. The maximum absolute atomic E-state index is 12.3. The fraction of sp³-hybridized carbons (Fsp3) is 0.105. The van der Waals surface area contributed by atoms with E-state index >= 15 is 0 Å². The van der Waals surface area contributed by atoms with Crippen molar-refractivity contribution < 1.29 is 18.7 Å². The average molecular weight is 392 g/mol. The number of furan rings is 1. The smallest absolute Gasteiger partial charge is 0.291 e. The lowest BCUT2D eigenvalue weighted by Crippen LogP contribution is -2.11. The highest BCUT2D eigenvalue weighted by atomic mass is 35.5. The lowest BCUT2D eigenvalue weighted by atomic mass is 10.3. The van der Waals surface area contributed by atoms with Crippen LogP contribution >= 0.6 is 23.2 Å². The average Bonchev–Trinajstić information content (AvgIpc) is 3.10. The Kier molecular flexibility index (Phi) is 5.71. The summed E-state index contributed by atoms with van der Waals surface area (Å²) >= 11 is 11.9. The second kappa shape index (κ2) is 8.17. The molecule has 1 N–H and O–H groups in total. The Bertz CT molecular complexity index is 923. The van der Waals surface area contributed by atoms with Crippen molar-refractivity contribution in [3.63, 3.8) is 0 Å². The minimum absolute atomic E-state index is 0.128. The number of carbonyl (C=O) groups is 1. The summed E-state index contributed by atoms with van der Waals surface area (Å²) in [5.74, 6) is 1.31. The minimum atomic E-state index is -0.384. The maximum Gasteiger partial charge on any atom is 0.291 e. The van der Waals surface area contributed by atoms with Gasteiger partial charge in [-0.15, -0.1) is 0 Å². The van der Waals surface area contributed by atoms with Gasteiger partial charge in [0.1, 0.15) is 23.9 Å². The molecule has 1 amide bonds. The molecule has 7 heteroatoms. The molecular formula is C19H15Cl2NO4. The predicted molar refractivity (Wildman–Crippen MR) is 100 cm³/mol. The maximum atomic E-state index is 12.3. The number of anilines is 1. The van der Waals surface area contributed by atoms with Gasteiger partial charge in [0, 0.05) is 5.02 Å². The number of nitrogens with one attached hydrogen (secondary N) is 1. The lowest BCUT2D eigenvalue weighted by molar-refractivity contribution is 0.0992. The van der Waals surface area contributed by atoms with Crippen LogP contribution in [0.15, 0.2) is 59.0 Å². The first-order valence-corrected chi connectivity index (χ1v) is 8.43. The molecule has 1 heterocycles. The Morgan fingerprint density at radius 2 is 1.88 bits per heavy atom. The summed E-state index contributed by atoms with van der Waals surface area (Å²) in [7, 11) is 1.54. The largest absolute Gasteiger partial charge is 0.495 e. The number of ether oxygens (including phenoxy) is 2. The minimum Gasteiger partial charge on any atom is -0.495 e. The van der Waals surface area contributed by atoms with E-state index in [0.29, 0.717) is 33.0 Å². The zero-order valence-corrected chi connectivity index (χ0v) is 15.3. The highest BCUT2D eigenvalue weighted by Gasteiger charge is 2.14. The monoisotopic (exact) mass is 391 g/mol. The standard InChI is InChI=1S/C19H15Cl2NO4/c1-24-17-5-3-2-4-15(17)22-19(23)18-9-7-13(26-18)11-25-16-8-6-12(20)10-14(16)21/h2-10H,11H2,1H3,(H,22,23). The molecule has 2 aromatic carbocycles. The summed E-state index contributed by atoms with van der Waals surface area (Å²) in [5.41, 5.74) is 0.558. The van der Waals surface area contributed by atoms with Gasteiger partial charge < -0.3 is 19.2 Å². The predicted octanol–water partition coefficient (Wildman–Crippen LogP) is 5.43. The topological polar surface area (TPSA) is 60.7 Å². The van der Waals surface area contributed by atoms with Crippen LogP contribution in [0.2, 0.25) is 10.0 Å². The van der Waals surface area contributed by atoms with Crippen LogP contribution in [-0.4, -0.2) is 13.0 Å². The van der Waals surface area contributed by atoms with Gasteiger partial charge in [0.05, 0.1) is 17.8 Å². The molecule has 0 unspecified atom stereocenters. The number of hydrogen-bond acceptors (Lipinski definition) is 4. The van der Waals surface area contributed by atoms with E-state index in [1.165, 1.54) is 7.11 Å². The normalized spacial score (nSPS) is 10.4. The first-order chi connectivity index (χ1) is 12.6. The van der Waals surface area contributed by atoms with Crippen molar-refractivity contribution in [2.75, 3.05) is 12.4 Å². The van der Waals surface area contributed by atoms with Gasteiger partial charge in [-0.25, -0.2) is 0 Å². The first-order valence-electron chi connectivity index (χ1n) is 7.68. The Morgan fingerprint density at radius 1 is 1.08 bits per heavy atom. The van der Waals surface area contributed by atoms with Gasteiger partial charge in [-0.2, -0.15) is 0 Å². The first kappa shape index (κ1) is 18.2. The lowest BCUT2D eigenvalue weighted by Gasteiger charge is -2.08. The summed E-state index contributed by atoms with van der Waals surface area (Å²) in [4.78, 5) is 12.3. The van der Waals surface area contributed by atoms with E-state index in [-0.39, 0.29) is 18.3 Å². The Balaban J connectivity index is 1.64. The third-order valence-electron chi connectivity index (χ3n) is 3.50. The van der Waals surface area contributed by atoms with Gasteiger partial charge in [0.2, 0.25) is 0 Å². The third-order valence-corrected chi connectivity index (χ3v) is 4.03. The highest BCUT2D eigenvalue weighted by Crippen LogP contribution is 2.28. The Hall–Kier alpha value is -2.63. The van der Waals surface area contributed by atoms with Crippen LogP contribution in [-0.2, 0) is 6.61 Å². The number of carbonyl (C=O) groups excluding carboxylic acids is 1. The molecule has 0 spiro atoms. The van der Waals surface area contributed by atoms with Gasteiger partial charge in [-0.1, -0.05) is 35.3 Å². The molecule has 0 radical (unpaired) electrons. The number of rotatable bonds is 6. The van der Waals surface area contributed by atoms with Crippen molar-refractivity contribution in [3.8, 4) is 11.5 Å². The Labute approximate surface area is 160 Å². The van der Waals surface area contributed by atoms with Crippen LogP contribution in [0.5, 0.6) is 11.5 Å². The van der Waals surface area contributed by atoms with Crippen molar-refractivity contribution in [2.45, 2.75) is 6.61 Å².